The first-order chi connectivity index (χ1) is 17.0. The molecule has 1 atom stereocenters. The van der Waals surface area contributed by atoms with Crippen molar-refractivity contribution in [1.29, 1.82) is 0 Å². The molecule has 5 rings (SSSR count). The van der Waals surface area contributed by atoms with Crippen LogP contribution in [-0.4, -0.2) is 78.2 Å². The molecule has 2 aliphatic carbocycles. The first-order valence-corrected chi connectivity index (χ1v) is 12.4. The average Bonchev–Trinajstić information content (AvgIpc) is 3.15. The molecule has 2 N–H and O–H groups in total. The summed E-state index contributed by atoms with van der Waals surface area (Å²) in [6.45, 7) is 2.13. The standard InChI is InChI=1S/C27H31N3O5/c31-24(32)16-29-12-14-30(15-13-29)26(33)25(18-6-5-7-18)28-27(34)35-17-23-21-10-3-1-8-19(21)20-9-2-4-11-22(20)23/h1-4,8-11,18,23,25H,5-7,12-17H2,(H,28,34)(H,31,32). The maximum Gasteiger partial charge on any atom is 0.407 e. The predicted molar refractivity (Wildman–Crippen MR) is 130 cm³/mol. The van der Waals surface area contributed by atoms with E-state index in [-0.39, 0.29) is 30.9 Å². The number of piperazine rings is 1. The van der Waals surface area contributed by atoms with Gasteiger partial charge in [-0.3, -0.25) is 14.5 Å². The topological polar surface area (TPSA) is 99.2 Å². The molecule has 0 radical (unpaired) electrons. The van der Waals surface area contributed by atoms with Crippen LogP contribution < -0.4 is 5.32 Å². The van der Waals surface area contributed by atoms with Crippen LogP contribution in [0, 0.1) is 5.92 Å². The number of fused-ring (bicyclic) bond motifs is 3. The zero-order chi connectivity index (χ0) is 24.4. The van der Waals surface area contributed by atoms with E-state index in [4.69, 9.17) is 9.84 Å². The van der Waals surface area contributed by atoms with Crippen molar-refractivity contribution in [2.45, 2.75) is 31.2 Å². The van der Waals surface area contributed by atoms with Crippen molar-refractivity contribution >= 4 is 18.0 Å². The number of carboxylic acid groups (broad SMARTS) is 1. The van der Waals surface area contributed by atoms with Gasteiger partial charge in [0.25, 0.3) is 0 Å². The minimum Gasteiger partial charge on any atom is -0.480 e. The smallest absolute Gasteiger partial charge is 0.407 e. The van der Waals surface area contributed by atoms with Crippen LogP contribution in [-0.2, 0) is 14.3 Å². The fourth-order valence-electron chi connectivity index (χ4n) is 5.44. The number of rotatable bonds is 7. The molecule has 184 valence electrons. The van der Waals surface area contributed by atoms with Crippen molar-refractivity contribution in [1.82, 2.24) is 15.1 Å². The lowest BCUT2D eigenvalue weighted by molar-refractivity contribution is -0.140. The zero-order valence-corrected chi connectivity index (χ0v) is 19.7. The van der Waals surface area contributed by atoms with Crippen LogP contribution in [0.5, 0.6) is 0 Å². The minimum absolute atomic E-state index is 0.0217. The Labute approximate surface area is 204 Å². The maximum atomic E-state index is 13.3. The van der Waals surface area contributed by atoms with Gasteiger partial charge in [0.05, 0.1) is 6.54 Å². The molecule has 1 saturated carbocycles. The van der Waals surface area contributed by atoms with E-state index in [1.165, 1.54) is 11.1 Å². The van der Waals surface area contributed by atoms with Gasteiger partial charge in [-0.05, 0) is 41.0 Å². The summed E-state index contributed by atoms with van der Waals surface area (Å²) in [5.41, 5.74) is 4.63. The Hall–Kier alpha value is -3.39. The zero-order valence-electron chi connectivity index (χ0n) is 19.7. The quantitative estimate of drug-likeness (QED) is 0.636. The van der Waals surface area contributed by atoms with Crippen molar-refractivity contribution in [3.63, 3.8) is 0 Å². The third-order valence-electron chi connectivity index (χ3n) is 7.55. The molecule has 1 heterocycles. The van der Waals surface area contributed by atoms with Crippen molar-refractivity contribution in [2.75, 3.05) is 39.3 Å². The first kappa shape index (κ1) is 23.4. The number of carboxylic acids is 1. The summed E-state index contributed by atoms with van der Waals surface area (Å²) in [6.07, 6.45) is 2.28. The number of benzene rings is 2. The molecule has 1 aliphatic heterocycles. The highest BCUT2D eigenvalue weighted by molar-refractivity contribution is 5.86. The third kappa shape index (κ3) is 4.89. The van der Waals surface area contributed by atoms with Gasteiger partial charge in [0.15, 0.2) is 0 Å². The molecular formula is C27H31N3O5. The monoisotopic (exact) mass is 477 g/mol. The fraction of sp³-hybridized carbons (Fsp3) is 0.444. The van der Waals surface area contributed by atoms with Crippen molar-refractivity contribution in [3.05, 3.63) is 59.7 Å². The second-order valence-corrected chi connectivity index (χ2v) is 9.63. The van der Waals surface area contributed by atoms with E-state index in [1.807, 2.05) is 29.2 Å². The van der Waals surface area contributed by atoms with Gasteiger partial charge in [-0.15, -0.1) is 0 Å². The molecule has 2 amide bonds. The van der Waals surface area contributed by atoms with Crippen LogP contribution in [0.3, 0.4) is 0 Å². The van der Waals surface area contributed by atoms with Gasteiger partial charge in [0.2, 0.25) is 5.91 Å². The van der Waals surface area contributed by atoms with Gasteiger partial charge in [0, 0.05) is 32.1 Å². The first-order valence-electron chi connectivity index (χ1n) is 12.4. The molecule has 3 aliphatic rings. The predicted octanol–water partition coefficient (Wildman–Crippen LogP) is 2.92. The van der Waals surface area contributed by atoms with Crippen LogP contribution in [0.4, 0.5) is 4.79 Å². The summed E-state index contributed by atoms with van der Waals surface area (Å²) >= 11 is 0. The number of hydrogen-bond donors (Lipinski definition) is 2. The Morgan fingerprint density at radius 3 is 2.09 bits per heavy atom. The number of carbonyl (C=O) groups is 3. The Kier molecular flexibility index (Phi) is 6.72. The molecule has 0 bridgehead atoms. The van der Waals surface area contributed by atoms with Crippen molar-refractivity contribution in [2.24, 2.45) is 5.92 Å². The number of amides is 2. The molecule has 0 aromatic heterocycles. The number of nitrogens with zero attached hydrogens (tertiary/aromatic N) is 2. The molecule has 2 aromatic carbocycles. The van der Waals surface area contributed by atoms with Gasteiger partial charge in [-0.25, -0.2) is 4.79 Å². The van der Waals surface area contributed by atoms with E-state index in [0.29, 0.717) is 26.2 Å². The van der Waals surface area contributed by atoms with Gasteiger partial charge in [0.1, 0.15) is 12.6 Å². The fourth-order valence-corrected chi connectivity index (χ4v) is 5.44. The Morgan fingerprint density at radius 1 is 0.943 bits per heavy atom. The normalized spacial score (nSPS) is 18.8. The molecule has 35 heavy (non-hydrogen) atoms. The Balaban J connectivity index is 1.21. The Bertz CT molecular complexity index is 1060. The molecule has 2 aromatic rings. The number of alkyl carbamates (subject to hydrolysis) is 1. The average molecular weight is 478 g/mol. The summed E-state index contributed by atoms with van der Waals surface area (Å²) in [5, 5.41) is 11.9. The highest BCUT2D eigenvalue weighted by atomic mass is 16.5. The number of carbonyl (C=O) groups excluding carboxylic acids is 2. The lowest BCUT2D eigenvalue weighted by Gasteiger charge is -2.39. The molecule has 1 unspecified atom stereocenters. The molecule has 8 heteroatoms. The van der Waals surface area contributed by atoms with Crippen LogP contribution in [0.1, 0.15) is 36.3 Å². The van der Waals surface area contributed by atoms with Crippen molar-refractivity contribution < 1.29 is 24.2 Å². The molecule has 2 fully saturated rings. The second kappa shape index (κ2) is 10.1. The SMILES string of the molecule is O=C(O)CN1CCN(C(=O)C(NC(=O)OCC2c3ccccc3-c3ccccc32)C2CCC2)CC1. The summed E-state index contributed by atoms with van der Waals surface area (Å²) in [4.78, 5) is 40.7. The molecular weight excluding hydrogens is 446 g/mol. The van der Waals surface area contributed by atoms with Gasteiger partial charge >= 0.3 is 12.1 Å². The van der Waals surface area contributed by atoms with E-state index in [1.54, 1.807) is 4.90 Å². The highest BCUT2D eigenvalue weighted by Gasteiger charge is 2.38. The second-order valence-electron chi connectivity index (χ2n) is 9.63. The van der Waals surface area contributed by atoms with E-state index in [9.17, 15) is 14.4 Å². The van der Waals surface area contributed by atoms with Gasteiger partial charge in [-0.2, -0.15) is 0 Å². The number of ether oxygens (including phenoxy) is 1. The van der Waals surface area contributed by atoms with Crippen LogP contribution in [0.25, 0.3) is 11.1 Å². The third-order valence-corrected chi connectivity index (χ3v) is 7.55. The minimum atomic E-state index is -0.867. The summed E-state index contributed by atoms with van der Waals surface area (Å²) < 4.78 is 5.69. The van der Waals surface area contributed by atoms with E-state index < -0.39 is 18.1 Å². The Morgan fingerprint density at radius 2 is 1.54 bits per heavy atom. The number of hydrogen-bond acceptors (Lipinski definition) is 5. The van der Waals surface area contributed by atoms with E-state index in [2.05, 4.69) is 29.6 Å². The summed E-state index contributed by atoms with van der Waals surface area (Å²) in [6, 6.07) is 15.8. The molecule has 0 spiro atoms. The summed E-state index contributed by atoms with van der Waals surface area (Å²) in [7, 11) is 0. The van der Waals surface area contributed by atoms with E-state index in [0.717, 1.165) is 30.4 Å². The maximum absolute atomic E-state index is 13.3. The number of aliphatic carboxylic acids is 1. The van der Waals surface area contributed by atoms with Gasteiger partial charge < -0.3 is 20.1 Å². The lowest BCUT2D eigenvalue weighted by atomic mass is 9.79. The van der Waals surface area contributed by atoms with Crippen LogP contribution in [0.15, 0.2) is 48.5 Å². The lowest BCUT2D eigenvalue weighted by Crippen LogP contribution is -2.58. The number of nitrogens with one attached hydrogen (secondary N) is 1. The van der Waals surface area contributed by atoms with E-state index >= 15 is 0 Å². The van der Waals surface area contributed by atoms with Crippen LogP contribution in [0.2, 0.25) is 0 Å². The molecule has 8 nitrogen and oxygen atoms in total. The van der Waals surface area contributed by atoms with Crippen molar-refractivity contribution in [3.8, 4) is 11.1 Å². The summed E-state index contributed by atoms with van der Waals surface area (Å²) in [5.74, 6) is -0.888. The highest BCUT2D eigenvalue weighted by Crippen LogP contribution is 2.44. The van der Waals surface area contributed by atoms with Crippen LogP contribution >= 0.6 is 0 Å². The largest absolute Gasteiger partial charge is 0.480 e. The molecule has 1 saturated heterocycles. The van der Waals surface area contributed by atoms with Gasteiger partial charge in [-0.1, -0.05) is 55.0 Å².